The van der Waals surface area contributed by atoms with Gasteiger partial charge in [-0.2, -0.15) is 0 Å². The summed E-state index contributed by atoms with van der Waals surface area (Å²) < 4.78 is 23.7. The van der Waals surface area contributed by atoms with E-state index in [-0.39, 0.29) is 33.7 Å². The molecule has 2 aliphatic rings. The van der Waals surface area contributed by atoms with Crippen LogP contribution in [-0.4, -0.2) is 89.9 Å². The molecule has 3 N–H and O–H groups in total. The first kappa shape index (κ1) is 33.0. The number of hydrogen-bond acceptors (Lipinski definition) is 8. The largest absolute Gasteiger partial charge is 0.478 e. The van der Waals surface area contributed by atoms with Crippen LogP contribution in [0.25, 0.3) is 33.4 Å². The molecule has 0 saturated carbocycles. The molecule has 11 nitrogen and oxygen atoms in total. The molecule has 0 radical (unpaired) electrons. The summed E-state index contributed by atoms with van der Waals surface area (Å²) in [6.45, 7) is 0.899. The van der Waals surface area contributed by atoms with Gasteiger partial charge >= 0.3 is 5.97 Å². The number of anilines is 1. The third kappa shape index (κ3) is 7.99. The monoisotopic (exact) mass is 624 g/mol. The van der Waals surface area contributed by atoms with Crippen LogP contribution in [0.15, 0.2) is 59.0 Å². The number of carbonyl (C=O) groups excluding carboxylic acids is 1. The Hall–Kier alpha value is -3.86. The van der Waals surface area contributed by atoms with Gasteiger partial charge in [-0.3, -0.25) is 4.79 Å². The molecule has 2 unspecified atom stereocenters. The fourth-order valence-electron chi connectivity index (χ4n) is 4.73. The van der Waals surface area contributed by atoms with Crippen molar-refractivity contribution in [3.8, 4) is 22.5 Å². The summed E-state index contributed by atoms with van der Waals surface area (Å²) in [5.41, 5.74) is 3.75. The lowest BCUT2D eigenvalue weighted by atomic mass is 9.89. The first-order chi connectivity index (χ1) is 21.1. The fraction of sp³-hybridized carbons (Fsp3) is 0.344. The van der Waals surface area contributed by atoms with Gasteiger partial charge in [0.2, 0.25) is 5.36 Å². The van der Waals surface area contributed by atoms with E-state index in [4.69, 9.17) is 18.2 Å². The molecule has 0 spiro atoms. The number of hydrogen-bond donors (Lipinski definition) is 3. The van der Waals surface area contributed by atoms with Gasteiger partial charge in [-0.1, -0.05) is 0 Å². The molecule has 0 saturated heterocycles. The minimum Gasteiger partial charge on any atom is -0.478 e. The summed E-state index contributed by atoms with van der Waals surface area (Å²) in [5, 5.41) is 24.5. The molecule has 1 heterocycles. The van der Waals surface area contributed by atoms with Gasteiger partial charge in [0.1, 0.15) is 31.5 Å². The average molecular weight is 625 g/mol. The van der Waals surface area contributed by atoms with Crippen LogP contribution in [0.2, 0.25) is 0 Å². The van der Waals surface area contributed by atoms with E-state index in [1.807, 2.05) is 74.1 Å². The lowest BCUT2D eigenvalue weighted by Gasteiger charge is -2.19. The summed E-state index contributed by atoms with van der Waals surface area (Å²) in [6.07, 6.45) is -0.239. The van der Waals surface area contributed by atoms with Gasteiger partial charge < -0.3 is 38.6 Å². The van der Waals surface area contributed by atoms with E-state index in [1.54, 1.807) is 6.07 Å². The molecule has 1 amide bonds. The lowest BCUT2D eigenvalue weighted by Crippen LogP contribution is -2.26. The highest BCUT2D eigenvalue weighted by atomic mass is 31.1. The average Bonchev–Trinajstić information content (AvgIpc) is 3.00. The van der Waals surface area contributed by atoms with Crippen molar-refractivity contribution in [3.63, 3.8) is 0 Å². The summed E-state index contributed by atoms with van der Waals surface area (Å²) in [6, 6.07) is 16.2. The van der Waals surface area contributed by atoms with Crippen molar-refractivity contribution in [2.45, 2.75) is 12.5 Å². The van der Waals surface area contributed by atoms with Gasteiger partial charge in [0.05, 0.1) is 24.8 Å². The Labute approximate surface area is 258 Å². The zero-order valence-corrected chi connectivity index (χ0v) is 26.5. The molecule has 0 bridgehead atoms. The quantitative estimate of drug-likeness (QED) is 0.0832. The molecule has 1 aliphatic carbocycles. The maximum atomic E-state index is 13.2. The molecule has 2 aromatic rings. The van der Waals surface area contributed by atoms with E-state index in [0.29, 0.717) is 47.6 Å². The number of aliphatic hydroxyl groups is 1. The van der Waals surface area contributed by atoms with Crippen molar-refractivity contribution in [1.82, 2.24) is 9.89 Å². The Morgan fingerprint density at radius 1 is 1.05 bits per heavy atom. The number of aliphatic hydroxyl groups excluding tert-OH is 1. The van der Waals surface area contributed by atoms with Crippen LogP contribution in [-0.2, 0) is 13.8 Å². The topological polar surface area (TPSA) is 134 Å². The van der Waals surface area contributed by atoms with Crippen molar-refractivity contribution in [2.24, 2.45) is 0 Å². The molecule has 0 fully saturated rings. The number of carboxylic acid groups (broad SMARTS) is 1. The third-order valence-corrected chi connectivity index (χ3v) is 7.43. The molecular weight excluding hydrogens is 585 g/mol. The predicted molar refractivity (Wildman–Crippen MR) is 172 cm³/mol. The molecule has 2 atom stereocenters. The SMILES string of the molecule is COPOCC(O)COCCCNC(=O)c1ccc(C(=O)O)c(-c2c3ccc(=[N+](C)C)cc-3oc3cc(N(C)C)ccc23)c1. The number of benzene rings is 3. The molecule has 0 aromatic heterocycles. The minimum absolute atomic E-state index is 0.0747. The van der Waals surface area contributed by atoms with Crippen LogP contribution in [0.3, 0.4) is 0 Å². The van der Waals surface area contributed by atoms with Crippen molar-refractivity contribution >= 4 is 37.6 Å². The smallest absolute Gasteiger partial charge is 0.336 e. The molecule has 4 rings (SSSR count). The van der Waals surface area contributed by atoms with Crippen LogP contribution in [0.1, 0.15) is 27.1 Å². The number of carbonyl (C=O) groups is 2. The number of rotatable bonds is 14. The number of aromatic carboxylic acids is 1. The van der Waals surface area contributed by atoms with E-state index >= 15 is 0 Å². The highest BCUT2D eigenvalue weighted by Crippen LogP contribution is 2.42. The van der Waals surface area contributed by atoms with Crippen molar-refractivity contribution < 1.29 is 38.0 Å². The first-order valence-electron chi connectivity index (χ1n) is 14.1. The van der Waals surface area contributed by atoms with E-state index in [0.717, 1.165) is 22.0 Å². The Balaban J connectivity index is 1.64. The predicted octanol–water partition coefficient (Wildman–Crippen LogP) is 3.67. The van der Waals surface area contributed by atoms with Gasteiger partial charge in [0.15, 0.2) is 9.03 Å². The lowest BCUT2D eigenvalue weighted by molar-refractivity contribution is 0.0125. The summed E-state index contributed by atoms with van der Waals surface area (Å²) in [5.74, 6) is -0.843. The zero-order chi connectivity index (χ0) is 31.8. The van der Waals surface area contributed by atoms with E-state index < -0.39 is 12.1 Å². The number of nitrogens with one attached hydrogen (secondary N) is 1. The number of fused-ring (bicyclic) bond motifs is 2. The number of nitrogens with zero attached hydrogens (tertiary/aromatic N) is 2. The molecule has 12 heteroatoms. The molecule has 1 aliphatic heterocycles. The van der Waals surface area contributed by atoms with E-state index in [9.17, 15) is 19.8 Å². The van der Waals surface area contributed by atoms with Gasteiger partial charge in [0, 0.05) is 74.3 Å². The van der Waals surface area contributed by atoms with Crippen LogP contribution in [0, 0.1) is 0 Å². The highest BCUT2D eigenvalue weighted by Gasteiger charge is 2.24. The maximum Gasteiger partial charge on any atom is 0.336 e. The second-order valence-electron chi connectivity index (χ2n) is 10.6. The second kappa shape index (κ2) is 15.2. The third-order valence-electron chi connectivity index (χ3n) is 6.98. The Morgan fingerprint density at radius 3 is 2.55 bits per heavy atom. The van der Waals surface area contributed by atoms with Crippen molar-refractivity contribution in [3.05, 3.63) is 71.1 Å². The number of amides is 1. The standard InChI is InChI=1S/C32H38N3O8P/c1-34(2)21-8-11-25-28(16-21)43-29-17-22(35(3)4)9-12-26(29)30(25)27-15-20(7-10-24(27)32(38)39)31(37)33-13-6-14-41-18-23(36)19-42-44-40-5/h7-12,15-17,23,36,44H,6,13-14,18-19H2,1-5H3,(H-,33,37,38,39)/p+1. The van der Waals surface area contributed by atoms with Crippen LogP contribution in [0.5, 0.6) is 0 Å². The Bertz CT molecular complexity index is 1670. The van der Waals surface area contributed by atoms with Crippen molar-refractivity contribution in [2.75, 3.05) is 66.6 Å². The molecule has 234 valence electrons. The summed E-state index contributed by atoms with van der Waals surface area (Å²) in [4.78, 5) is 27.6. The van der Waals surface area contributed by atoms with Crippen LogP contribution < -0.4 is 20.1 Å². The minimum atomic E-state index is -1.10. The Morgan fingerprint density at radius 2 is 1.84 bits per heavy atom. The Kier molecular flexibility index (Phi) is 11.4. The fourth-order valence-corrected chi connectivity index (χ4v) is 5.11. The number of ether oxygens (including phenoxy) is 1. The van der Waals surface area contributed by atoms with E-state index in [2.05, 4.69) is 5.32 Å². The van der Waals surface area contributed by atoms with Gasteiger partial charge in [0.25, 0.3) is 5.91 Å². The highest BCUT2D eigenvalue weighted by molar-refractivity contribution is 7.26. The second-order valence-corrected chi connectivity index (χ2v) is 11.5. The normalized spacial score (nSPS) is 12.2. The summed E-state index contributed by atoms with van der Waals surface area (Å²) >= 11 is 0. The van der Waals surface area contributed by atoms with Crippen LogP contribution in [0.4, 0.5) is 5.69 Å². The van der Waals surface area contributed by atoms with Crippen molar-refractivity contribution in [1.29, 1.82) is 0 Å². The molecule has 2 aromatic carbocycles. The molecule has 44 heavy (non-hydrogen) atoms. The maximum absolute atomic E-state index is 13.2. The van der Waals surface area contributed by atoms with E-state index in [1.165, 1.54) is 19.2 Å². The number of carboxylic acids is 1. The van der Waals surface area contributed by atoms with Gasteiger partial charge in [-0.05, 0) is 48.4 Å². The first-order valence-corrected chi connectivity index (χ1v) is 14.9. The summed E-state index contributed by atoms with van der Waals surface area (Å²) in [7, 11) is 9.13. The zero-order valence-electron chi connectivity index (χ0n) is 25.5. The van der Waals surface area contributed by atoms with Gasteiger partial charge in [-0.25, -0.2) is 9.37 Å². The van der Waals surface area contributed by atoms with Gasteiger partial charge in [-0.15, -0.1) is 0 Å². The van der Waals surface area contributed by atoms with Crippen LogP contribution >= 0.6 is 9.03 Å². The molecular formula is C32H39N3O8P+.